The van der Waals surface area contributed by atoms with Crippen molar-refractivity contribution in [2.24, 2.45) is 0 Å². The minimum Gasteiger partial charge on any atom is -0.339 e. The zero-order valence-electron chi connectivity index (χ0n) is 22.6. The highest BCUT2D eigenvalue weighted by atomic mass is 16.2. The highest BCUT2D eigenvalue weighted by Gasteiger charge is 2.55. The molecule has 1 aromatic heterocycles. The molecule has 1 N–H and O–H groups in total. The Hall–Kier alpha value is -4.17. The number of benzene rings is 3. The minimum atomic E-state index is -0.637. The van der Waals surface area contributed by atoms with E-state index in [-0.39, 0.29) is 24.1 Å². The lowest BCUT2D eigenvalue weighted by Crippen LogP contribution is -2.56. The van der Waals surface area contributed by atoms with Gasteiger partial charge in [-0.3, -0.25) is 9.36 Å². The van der Waals surface area contributed by atoms with Crippen LogP contribution in [0.15, 0.2) is 89.7 Å². The Morgan fingerprint density at radius 1 is 0.850 bits per heavy atom. The standard InChI is InChI=1S/C32H35N5O3/c38-23-16-28(25-10-3-1-4-11-25)36-24-37(26-12-5-2-6-13-26)32(30(36)39)17-21-34(22-18-32)19-9-20-35-29-15-8-7-14-27(29)33-31(35)40/h1-8,10-15,23,28H,9,16-22,24H2,(H,33,40). The van der Waals surface area contributed by atoms with E-state index in [0.717, 1.165) is 54.6 Å². The van der Waals surface area contributed by atoms with Gasteiger partial charge in [0, 0.05) is 31.7 Å². The number of anilines is 1. The predicted molar refractivity (Wildman–Crippen MR) is 156 cm³/mol. The Balaban J connectivity index is 1.19. The molecule has 1 unspecified atom stereocenters. The normalized spacial score (nSPS) is 18.1. The maximum Gasteiger partial charge on any atom is 0.326 e. The van der Waals surface area contributed by atoms with Crippen LogP contribution in [0.2, 0.25) is 0 Å². The summed E-state index contributed by atoms with van der Waals surface area (Å²) in [5.41, 5.74) is 3.10. The third-order valence-corrected chi connectivity index (χ3v) is 8.64. The average Bonchev–Trinajstić information content (AvgIpc) is 3.46. The van der Waals surface area contributed by atoms with Crippen molar-refractivity contribution < 1.29 is 9.59 Å². The summed E-state index contributed by atoms with van der Waals surface area (Å²) in [6.07, 6.45) is 3.48. The molecule has 2 aliphatic rings. The van der Waals surface area contributed by atoms with Gasteiger partial charge in [-0.1, -0.05) is 60.7 Å². The first-order valence-corrected chi connectivity index (χ1v) is 14.1. The number of rotatable bonds is 9. The molecule has 1 amide bonds. The quantitative estimate of drug-likeness (QED) is 0.324. The van der Waals surface area contributed by atoms with Crippen molar-refractivity contribution in [2.45, 2.75) is 43.8 Å². The lowest BCUT2D eigenvalue weighted by Gasteiger charge is -2.43. The van der Waals surface area contributed by atoms with Crippen LogP contribution in [-0.4, -0.2) is 63.4 Å². The SMILES string of the molecule is O=CCC(c1ccccc1)N1CN(c2ccccc2)C2(CCN(CCCn3c(=O)[nH]c4ccccc43)CC2)C1=O. The van der Waals surface area contributed by atoms with Crippen molar-refractivity contribution in [3.63, 3.8) is 0 Å². The van der Waals surface area contributed by atoms with Gasteiger partial charge in [-0.2, -0.15) is 0 Å². The number of nitrogens with one attached hydrogen (secondary N) is 1. The maximum atomic E-state index is 14.3. The van der Waals surface area contributed by atoms with Gasteiger partial charge in [0.25, 0.3) is 5.91 Å². The molecule has 4 aromatic rings. The molecule has 1 spiro atoms. The summed E-state index contributed by atoms with van der Waals surface area (Å²) in [5, 5.41) is 0. The number of aldehydes is 1. The van der Waals surface area contributed by atoms with E-state index in [9.17, 15) is 14.4 Å². The van der Waals surface area contributed by atoms with Crippen molar-refractivity contribution in [1.82, 2.24) is 19.4 Å². The van der Waals surface area contributed by atoms with Crippen LogP contribution in [0.4, 0.5) is 5.69 Å². The van der Waals surface area contributed by atoms with E-state index in [0.29, 0.717) is 26.1 Å². The smallest absolute Gasteiger partial charge is 0.326 e. The molecule has 3 aromatic carbocycles. The zero-order valence-corrected chi connectivity index (χ0v) is 22.6. The highest BCUT2D eigenvalue weighted by Crippen LogP contribution is 2.43. The van der Waals surface area contributed by atoms with E-state index < -0.39 is 5.54 Å². The molecule has 206 valence electrons. The van der Waals surface area contributed by atoms with Gasteiger partial charge in [0.05, 0.1) is 23.7 Å². The minimum absolute atomic E-state index is 0.0720. The fourth-order valence-electron chi connectivity index (χ4n) is 6.53. The van der Waals surface area contributed by atoms with Gasteiger partial charge >= 0.3 is 5.69 Å². The molecule has 3 heterocycles. The molecular formula is C32H35N5O3. The lowest BCUT2D eigenvalue weighted by atomic mass is 9.85. The molecule has 0 bridgehead atoms. The fourth-order valence-corrected chi connectivity index (χ4v) is 6.53. The summed E-state index contributed by atoms with van der Waals surface area (Å²) < 4.78 is 1.81. The number of H-pyrrole nitrogens is 1. The van der Waals surface area contributed by atoms with Crippen LogP contribution in [0, 0.1) is 0 Å². The van der Waals surface area contributed by atoms with Crippen LogP contribution in [-0.2, 0) is 16.1 Å². The molecule has 2 fully saturated rings. The van der Waals surface area contributed by atoms with Gasteiger partial charge in [0.2, 0.25) is 0 Å². The molecule has 40 heavy (non-hydrogen) atoms. The number of aromatic nitrogens is 2. The van der Waals surface area contributed by atoms with Crippen molar-refractivity contribution in [3.05, 3.63) is 101 Å². The molecule has 2 saturated heterocycles. The molecular weight excluding hydrogens is 502 g/mol. The van der Waals surface area contributed by atoms with E-state index in [1.54, 1.807) is 0 Å². The monoisotopic (exact) mass is 537 g/mol. The van der Waals surface area contributed by atoms with E-state index in [4.69, 9.17) is 0 Å². The molecule has 2 aliphatic heterocycles. The second-order valence-electron chi connectivity index (χ2n) is 10.8. The van der Waals surface area contributed by atoms with Crippen LogP contribution in [0.3, 0.4) is 0 Å². The third kappa shape index (κ3) is 4.73. The first kappa shape index (κ1) is 26.1. The second kappa shape index (κ2) is 11.1. The van der Waals surface area contributed by atoms with Gasteiger partial charge < -0.3 is 24.5 Å². The highest BCUT2D eigenvalue weighted by molar-refractivity contribution is 5.94. The summed E-state index contributed by atoms with van der Waals surface area (Å²) in [6.45, 7) is 3.57. The van der Waals surface area contributed by atoms with Crippen LogP contribution < -0.4 is 10.6 Å². The Kier molecular flexibility index (Phi) is 7.26. The van der Waals surface area contributed by atoms with Crippen LogP contribution in [0.5, 0.6) is 0 Å². The zero-order chi connectivity index (χ0) is 27.5. The third-order valence-electron chi connectivity index (χ3n) is 8.64. The summed E-state index contributed by atoms with van der Waals surface area (Å²) in [4.78, 5) is 48.0. The summed E-state index contributed by atoms with van der Waals surface area (Å²) in [6, 6.07) is 27.5. The first-order chi connectivity index (χ1) is 19.6. The van der Waals surface area contributed by atoms with Crippen LogP contribution in [0.25, 0.3) is 11.0 Å². The molecule has 8 heteroatoms. The molecule has 8 nitrogen and oxygen atoms in total. The van der Waals surface area contributed by atoms with E-state index in [1.807, 2.05) is 82.3 Å². The van der Waals surface area contributed by atoms with E-state index in [1.165, 1.54) is 0 Å². The van der Waals surface area contributed by atoms with Crippen molar-refractivity contribution in [2.75, 3.05) is 31.2 Å². The molecule has 0 saturated carbocycles. The number of imidazole rings is 1. The number of hydrogen-bond donors (Lipinski definition) is 1. The van der Waals surface area contributed by atoms with Crippen LogP contribution >= 0.6 is 0 Å². The number of nitrogens with zero attached hydrogens (tertiary/aromatic N) is 4. The van der Waals surface area contributed by atoms with Crippen molar-refractivity contribution in [3.8, 4) is 0 Å². The summed E-state index contributed by atoms with van der Waals surface area (Å²) in [5.74, 6) is 0.108. The molecule has 1 atom stereocenters. The first-order valence-electron chi connectivity index (χ1n) is 14.1. The number of fused-ring (bicyclic) bond motifs is 1. The van der Waals surface area contributed by atoms with Gasteiger partial charge in [-0.05, 0) is 55.6 Å². The summed E-state index contributed by atoms with van der Waals surface area (Å²) >= 11 is 0. The number of carbonyl (C=O) groups excluding carboxylic acids is 2. The number of carbonyl (C=O) groups is 2. The van der Waals surface area contributed by atoms with Crippen LogP contribution in [0.1, 0.15) is 37.3 Å². The Morgan fingerprint density at radius 2 is 1.52 bits per heavy atom. The number of piperidine rings is 1. The molecule has 6 rings (SSSR count). The van der Waals surface area contributed by atoms with Crippen molar-refractivity contribution in [1.29, 1.82) is 0 Å². The maximum absolute atomic E-state index is 14.3. The average molecular weight is 538 g/mol. The van der Waals surface area contributed by atoms with Gasteiger partial charge in [-0.15, -0.1) is 0 Å². The number of para-hydroxylation sites is 3. The fraction of sp³-hybridized carbons (Fsp3) is 0.344. The molecule has 0 radical (unpaired) electrons. The predicted octanol–water partition coefficient (Wildman–Crippen LogP) is 4.19. The Morgan fingerprint density at radius 3 is 2.25 bits per heavy atom. The number of aryl methyl sites for hydroxylation is 1. The van der Waals surface area contributed by atoms with Gasteiger partial charge in [0.15, 0.2) is 0 Å². The van der Waals surface area contributed by atoms with E-state index in [2.05, 4.69) is 26.9 Å². The van der Waals surface area contributed by atoms with Gasteiger partial charge in [-0.25, -0.2) is 4.79 Å². The Bertz CT molecular complexity index is 1520. The number of amides is 1. The van der Waals surface area contributed by atoms with Crippen molar-refractivity contribution >= 4 is 28.9 Å². The second-order valence-corrected chi connectivity index (χ2v) is 10.8. The van der Waals surface area contributed by atoms with Gasteiger partial charge in [0.1, 0.15) is 11.8 Å². The Labute approximate surface area is 233 Å². The number of hydrogen-bond acceptors (Lipinski definition) is 5. The summed E-state index contributed by atoms with van der Waals surface area (Å²) in [7, 11) is 0. The van der Waals surface area contributed by atoms with E-state index >= 15 is 0 Å². The lowest BCUT2D eigenvalue weighted by molar-refractivity contribution is -0.136. The molecule has 0 aliphatic carbocycles. The topological polar surface area (TPSA) is 81.7 Å². The largest absolute Gasteiger partial charge is 0.339 e. The number of likely N-dealkylation sites (tertiary alicyclic amines) is 1. The number of aromatic amines is 1.